The van der Waals surface area contributed by atoms with Crippen molar-refractivity contribution in [2.45, 2.75) is 12.5 Å². The summed E-state index contributed by atoms with van der Waals surface area (Å²) in [7, 11) is 0. The molecule has 9 heteroatoms. The van der Waals surface area contributed by atoms with Crippen molar-refractivity contribution < 1.29 is 14.1 Å². The number of fused-ring (bicyclic) bond motifs is 3. The van der Waals surface area contributed by atoms with E-state index in [9.17, 15) is 24.6 Å². The zero-order valence-corrected chi connectivity index (χ0v) is 18.7. The minimum atomic E-state index is -0.508. The number of anilines is 3. The van der Waals surface area contributed by atoms with Gasteiger partial charge in [0.25, 0.3) is 5.69 Å². The number of nitrogens with one attached hydrogen (secondary N) is 1. The lowest BCUT2D eigenvalue weighted by molar-refractivity contribution is -0.384. The average Bonchev–Trinajstić information content (AvgIpc) is 2.88. The van der Waals surface area contributed by atoms with Crippen LogP contribution in [0.2, 0.25) is 0 Å². The number of halogens is 1. The predicted molar refractivity (Wildman–Crippen MR) is 130 cm³/mol. The molecule has 0 aliphatic carbocycles. The van der Waals surface area contributed by atoms with Crippen LogP contribution in [0.1, 0.15) is 11.1 Å². The van der Waals surface area contributed by atoms with Crippen molar-refractivity contribution in [1.29, 1.82) is 5.26 Å². The quantitative estimate of drug-likeness (QED) is 0.454. The van der Waals surface area contributed by atoms with E-state index in [4.69, 9.17) is 0 Å². The second kappa shape index (κ2) is 9.06. The first-order valence-corrected chi connectivity index (χ1v) is 11.3. The molecule has 3 aromatic carbocycles. The van der Waals surface area contributed by atoms with Gasteiger partial charge < -0.3 is 15.1 Å². The number of carbonyl (C=O) groups is 1. The van der Waals surface area contributed by atoms with Gasteiger partial charge in [-0.05, 0) is 54.4 Å². The Bertz CT molecular complexity index is 1340. The number of hydrogen-bond acceptors (Lipinski definition) is 6. The lowest BCUT2D eigenvalue weighted by Crippen LogP contribution is -2.60. The summed E-state index contributed by atoms with van der Waals surface area (Å²) in [5.74, 6) is -1.14. The molecule has 35 heavy (non-hydrogen) atoms. The van der Waals surface area contributed by atoms with Crippen molar-refractivity contribution in [2.24, 2.45) is 5.92 Å². The van der Waals surface area contributed by atoms with Crippen LogP contribution in [0.15, 0.2) is 66.7 Å². The fourth-order valence-electron chi connectivity index (χ4n) is 5.05. The van der Waals surface area contributed by atoms with E-state index < -0.39 is 16.7 Å². The minimum Gasteiger partial charge on any atom is -0.367 e. The zero-order valence-electron chi connectivity index (χ0n) is 18.7. The molecule has 5 rings (SSSR count). The first-order chi connectivity index (χ1) is 16.9. The highest BCUT2D eigenvalue weighted by Gasteiger charge is 2.42. The van der Waals surface area contributed by atoms with Gasteiger partial charge in [0.15, 0.2) is 0 Å². The van der Waals surface area contributed by atoms with E-state index >= 15 is 0 Å². The summed E-state index contributed by atoms with van der Waals surface area (Å²) < 4.78 is 13.3. The molecule has 8 nitrogen and oxygen atoms in total. The fraction of sp³-hybridized carbons (Fsp3) is 0.231. The normalized spacial score (nSPS) is 18.7. The molecule has 0 saturated carbocycles. The van der Waals surface area contributed by atoms with E-state index in [0.717, 1.165) is 16.9 Å². The van der Waals surface area contributed by atoms with Gasteiger partial charge >= 0.3 is 0 Å². The summed E-state index contributed by atoms with van der Waals surface area (Å²) in [6, 6.07) is 19.8. The van der Waals surface area contributed by atoms with E-state index in [1.807, 2.05) is 18.2 Å². The topological polar surface area (TPSA) is 103 Å². The van der Waals surface area contributed by atoms with Gasteiger partial charge in [-0.2, -0.15) is 5.26 Å². The molecule has 2 heterocycles. The molecule has 0 aromatic heterocycles. The first-order valence-electron chi connectivity index (χ1n) is 11.3. The van der Waals surface area contributed by atoms with Gasteiger partial charge in [-0.1, -0.05) is 12.1 Å². The van der Waals surface area contributed by atoms with Crippen LogP contribution in [-0.4, -0.2) is 36.5 Å². The van der Waals surface area contributed by atoms with E-state index in [-0.39, 0.29) is 17.6 Å². The molecule has 1 N–H and O–H groups in total. The summed E-state index contributed by atoms with van der Waals surface area (Å²) in [5, 5.41) is 23.8. The van der Waals surface area contributed by atoms with Crippen LogP contribution in [0, 0.1) is 33.2 Å². The third-order valence-corrected chi connectivity index (χ3v) is 6.72. The predicted octanol–water partition coefficient (Wildman–Crippen LogP) is 4.11. The third kappa shape index (κ3) is 4.26. The van der Waals surface area contributed by atoms with Crippen molar-refractivity contribution in [1.82, 2.24) is 0 Å². The molecule has 1 fully saturated rings. The summed E-state index contributed by atoms with van der Waals surface area (Å²) in [6.45, 7) is 1.74. The molecule has 3 aromatic rings. The summed E-state index contributed by atoms with van der Waals surface area (Å²) in [4.78, 5) is 28.7. The van der Waals surface area contributed by atoms with E-state index in [1.54, 1.807) is 18.2 Å². The third-order valence-electron chi connectivity index (χ3n) is 6.72. The number of hydrogen-bond donors (Lipinski definition) is 1. The fourth-order valence-corrected chi connectivity index (χ4v) is 5.05. The summed E-state index contributed by atoms with van der Waals surface area (Å²) >= 11 is 0. The van der Waals surface area contributed by atoms with Crippen LogP contribution in [0.5, 0.6) is 0 Å². The minimum absolute atomic E-state index is 0.0125. The van der Waals surface area contributed by atoms with Crippen LogP contribution in [0.25, 0.3) is 0 Å². The maximum atomic E-state index is 13.5. The van der Waals surface area contributed by atoms with Crippen molar-refractivity contribution in [3.05, 3.63) is 93.8 Å². The number of nitro benzene ring substituents is 1. The van der Waals surface area contributed by atoms with Gasteiger partial charge in [0, 0.05) is 43.1 Å². The molecule has 0 bridgehead atoms. The number of nitriles is 1. The second-order valence-electron chi connectivity index (χ2n) is 8.71. The van der Waals surface area contributed by atoms with Gasteiger partial charge in [0.2, 0.25) is 5.91 Å². The molecule has 2 aliphatic rings. The average molecular weight is 471 g/mol. The number of amides is 1. The van der Waals surface area contributed by atoms with Crippen molar-refractivity contribution in [3.63, 3.8) is 0 Å². The Morgan fingerprint density at radius 1 is 1.09 bits per heavy atom. The molecule has 0 unspecified atom stereocenters. The second-order valence-corrected chi connectivity index (χ2v) is 8.71. The van der Waals surface area contributed by atoms with E-state index in [2.05, 4.69) is 21.2 Å². The largest absolute Gasteiger partial charge is 0.367 e. The Labute approximate surface area is 201 Å². The standard InChI is InChI=1S/C26H22FN5O3/c27-19-5-7-20(8-6-19)29-26(33)22-14-18-13-21(32(34)35)9-10-24(18)31-12-11-30(16-25(22)31)23-4-2-1-3-17(23)15-28/h1-10,13,22,25H,11-12,14,16H2,(H,29,33)/t22-,25-/m1/s1. The number of nitrogens with zero attached hydrogens (tertiary/aromatic N) is 4. The number of rotatable bonds is 4. The molecular formula is C26H22FN5O3. The van der Waals surface area contributed by atoms with Crippen molar-refractivity contribution >= 4 is 28.7 Å². The molecule has 2 aliphatic heterocycles. The Morgan fingerprint density at radius 2 is 1.86 bits per heavy atom. The Hall–Kier alpha value is -4.45. The number of nitro groups is 1. The Balaban J connectivity index is 1.50. The smallest absolute Gasteiger partial charge is 0.269 e. The maximum absolute atomic E-state index is 13.5. The highest BCUT2D eigenvalue weighted by Crippen LogP contribution is 2.39. The number of non-ortho nitro benzene ring substituents is 1. The summed E-state index contributed by atoms with van der Waals surface area (Å²) in [5.41, 5.74) is 3.50. The summed E-state index contributed by atoms with van der Waals surface area (Å²) in [6.07, 6.45) is 0.332. The SMILES string of the molecule is N#Cc1ccccc1N1CCN2c3ccc([N+](=O)[O-])cc3C[C@@H](C(=O)Nc3ccc(F)cc3)[C@H]2C1. The van der Waals surface area contributed by atoms with Gasteiger partial charge in [0.1, 0.15) is 11.9 Å². The Morgan fingerprint density at radius 3 is 2.60 bits per heavy atom. The molecular weight excluding hydrogens is 449 g/mol. The monoisotopic (exact) mass is 471 g/mol. The van der Waals surface area contributed by atoms with E-state index in [1.165, 1.54) is 30.3 Å². The van der Waals surface area contributed by atoms with Gasteiger partial charge in [-0.15, -0.1) is 0 Å². The zero-order chi connectivity index (χ0) is 24.5. The van der Waals surface area contributed by atoms with Crippen LogP contribution in [0.3, 0.4) is 0 Å². The first kappa shape index (κ1) is 22.3. The molecule has 176 valence electrons. The molecule has 1 saturated heterocycles. The van der Waals surface area contributed by atoms with E-state index in [0.29, 0.717) is 37.3 Å². The molecule has 0 spiro atoms. The van der Waals surface area contributed by atoms with Crippen LogP contribution in [0.4, 0.5) is 27.1 Å². The van der Waals surface area contributed by atoms with Crippen LogP contribution in [-0.2, 0) is 11.2 Å². The van der Waals surface area contributed by atoms with Gasteiger partial charge in [-0.25, -0.2) is 4.39 Å². The van der Waals surface area contributed by atoms with Crippen LogP contribution >= 0.6 is 0 Å². The number of para-hydroxylation sites is 1. The lowest BCUT2D eigenvalue weighted by atomic mass is 9.83. The van der Waals surface area contributed by atoms with Crippen LogP contribution < -0.4 is 15.1 Å². The number of carbonyl (C=O) groups excluding carboxylic acids is 1. The number of benzene rings is 3. The molecule has 2 atom stereocenters. The molecule has 1 amide bonds. The number of piperazine rings is 1. The lowest BCUT2D eigenvalue weighted by Gasteiger charge is -2.49. The van der Waals surface area contributed by atoms with Crippen molar-refractivity contribution in [2.75, 3.05) is 34.8 Å². The van der Waals surface area contributed by atoms with Gasteiger partial charge in [-0.3, -0.25) is 14.9 Å². The highest BCUT2D eigenvalue weighted by atomic mass is 19.1. The van der Waals surface area contributed by atoms with Gasteiger partial charge in [0.05, 0.1) is 28.1 Å². The maximum Gasteiger partial charge on any atom is 0.269 e. The highest BCUT2D eigenvalue weighted by molar-refractivity contribution is 5.94. The van der Waals surface area contributed by atoms with Crippen molar-refractivity contribution in [3.8, 4) is 6.07 Å². The molecule has 0 radical (unpaired) electrons. The Kier molecular flexibility index (Phi) is 5.79.